The number of rotatable bonds is 8. The summed E-state index contributed by atoms with van der Waals surface area (Å²) < 4.78 is 0. The summed E-state index contributed by atoms with van der Waals surface area (Å²) in [6.07, 6.45) is 0. The Bertz CT molecular complexity index is 428. The molecule has 4 nitrogen and oxygen atoms in total. The van der Waals surface area contributed by atoms with E-state index in [-0.39, 0.29) is 6.03 Å². The average Bonchev–Trinajstić information content (AvgIpc) is 2.49. The largest absolute Gasteiger partial charge is 0.338 e. The van der Waals surface area contributed by atoms with Crippen molar-refractivity contribution in [2.24, 2.45) is 5.92 Å². The Hall–Kier alpha value is -1.55. The first-order valence-corrected chi connectivity index (χ1v) is 7.87. The normalized spacial score (nSPS) is 11.0. The molecule has 0 heterocycles. The van der Waals surface area contributed by atoms with Crippen molar-refractivity contribution >= 4 is 6.03 Å². The third kappa shape index (κ3) is 6.63. The van der Waals surface area contributed by atoms with Crippen molar-refractivity contribution in [3.05, 3.63) is 35.4 Å². The van der Waals surface area contributed by atoms with Crippen molar-refractivity contribution in [2.75, 3.05) is 19.6 Å². The second-order valence-electron chi connectivity index (χ2n) is 5.69. The molecule has 0 aliphatic heterocycles. The van der Waals surface area contributed by atoms with Gasteiger partial charge in [-0.15, -0.1) is 0 Å². The van der Waals surface area contributed by atoms with E-state index in [9.17, 15) is 4.79 Å². The van der Waals surface area contributed by atoms with Crippen molar-refractivity contribution in [1.29, 1.82) is 0 Å². The van der Waals surface area contributed by atoms with Crippen LogP contribution in [0.4, 0.5) is 4.79 Å². The fraction of sp³-hybridized carbons (Fsp3) is 0.588. The highest BCUT2D eigenvalue weighted by molar-refractivity contribution is 5.73. The van der Waals surface area contributed by atoms with Gasteiger partial charge in [0.05, 0.1) is 0 Å². The SMILES string of the molecule is CCN(CC)Cc1ccccc1CNC(=O)NCC(C)C. The second-order valence-corrected chi connectivity index (χ2v) is 5.69. The second kappa shape index (κ2) is 9.40. The van der Waals surface area contributed by atoms with Gasteiger partial charge in [-0.2, -0.15) is 0 Å². The Labute approximate surface area is 128 Å². The number of carbonyl (C=O) groups is 1. The molecule has 1 aromatic carbocycles. The molecule has 2 N–H and O–H groups in total. The van der Waals surface area contributed by atoms with Gasteiger partial charge < -0.3 is 10.6 Å². The van der Waals surface area contributed by atoms with Crippen LogP contribution in [0.2, 0.25) is 0 Å². The summed E-state index contributed by atoms with van der Waals surface area (Å²) >= 11 is 0. The van der Waals surface area contributed by atoms with Crippen LogP contribution < -0.4 is 10.6 Å². The number of hydrogen-bond acceptors (Lipinski definition) is 2. The highest BCUT2D eigenvalue weighted by Crippen LogP contribution is 2.11. The first-order valence-electron chi connectivity index (χ1n) is 7.87. The summed E-state index contributed by atoms with van der Waals surface area (Å²) in [4.78, 5) is 14.1. The van der Waals surface area contributed by atoms with Gasteiger partial charge in [0.15, 0.2) is 0 Å². The minimum absolute atomic E-state index is 0.0960. The van der Waals surface area contributed by atoms with E-state index in [1.807, 2.05) is 6.07 Å². The molecule has 0 unspecified atom stereocenters. The van der Waals surface area contributed by atoms with Gasteiger partial charge in [-0.25, -0.2) is 4.79 Å². The van der Waals surface area contributed by atoms with Gasteiger partial charge >= 0.3 is 6.03 Å². The van der Waals surface area contributed by atoms with Crippen molar-refractivity contribution in [3.63, 3.8) is 0 Å². The van der Waals surface area contributed by atoms with E-state index >= 15 is 0 Å². The van der Waals surface area contributed by atoms with E-state index in [2.05, 4.69) is 61.4 Å². The first-order chi connectivity index (χ1) is 10.1. The quantitative estimate of drug-likeness (QED) is 0.773. The van der Waals surface area contributed by atoms with Gasteiger partial charge in [-0.3, -0.25) is 4.90 Å². The zero-order valence-corrected chi connectivity index (χ0v) is 13.8. The van der Waals surface area contributed by atoms with E-state index in [4.69, 9.17) is 0 Å². The molecule has 0 aliphatic carbocycles. The average molecular weight is 291 g/mol. The van der Waals surface area contributed by atoms with Crippen LogP contribution in [0.3, 0.4) is 0 Å². The predicted molar refractivity (Wildman–Crippen MR) is 88.1 cm³/mol. The van der Waals surface area contributed by atoms with Crippen LogP contribution in [0.5, 0.6) is 0 Å². The van der Waals surface area contributed by atoms with Crippen LogP contribution in [-0.2, 0) is 13.1 Å². The molecular weight excluding hydrogens is 262 g/mol. The Morgan fingerprint density at radius 1 is 1.10 bits per heavy atom. The van der Waals surface area contributed by atoms with Crippen LogP contribution in [0.25, 0.3) is 0 Å². The van der Waals surface area contributed by atoms with E-state index in [1.165, 1.54) is 11.1 Å². The maximum atomic E-state index is 11.7. The molecule has 118 valence electrons. The van der Waals surface area contributed by atoms with Crippen molar-refractivity contribution in [1.82, 2.24) is 15.5 Å². The van der Waals surface area contributed by atoms with E-state index in [0.717, 1.165) is 19.6 Å². The lowest BCUT2D eigenvalue weighted by Crippen LogP contribution is -2.37. The minimum Gasteiger partial charge on any atom is -0.338 e. The molecule has 1 rings (SSSR count). The fourth-order valence-corrected chi connectivity index (χ4v) is 2.11. The molecule has 0 aliphatic rings. The van der Waals surface area contributed by atoms with E-state index in [1.54, 1.807) is 0 Å². The lowest BCUT2D eigenvalue weighted by atomic mass is 10.1. The molecule has 0 saturated carbocycles. The summed E-state index contributed by atoms with van der Waals surface area (Å²) in [5.41, 5.74) is 2.47. The van der Waals surface area contributed by atoms with Crippen LogP contribution in [0.1, 0.15) is 38.8 Å². The minimum atomic E-state index is -0.0960. The Morgan fingerprint density at radius 2 is 1.71 bits per heavy atom. The van der Waals surface area contributed by atoms with Crippen LogP contribution in [-0.4, -0.2) is 30.6 Å². The van der Waals surface area contributed by atoms with Crippen LogP contribution in [0, 0.1) is 5.92 Å². The molecule has 0 aromatic heterocycles. The number of hydrogen-bond donors (Lipinski definition) is 2. The third-order valence-corrected chi connectivity index (χ3v) is 3.52. The summed E-state index contributed by atoms with van der Waals surface area (Å²) in [7, 11) is 0. The van der Waals surface area contributed by atoms with E-state index < -0.39 is 0 Å². The number of nitrogens with one attached hydrogen (secondary N) is 2. The van der Waals surface area contributed by atoms with Crippen molar-refractivity contribution in [2.45, 2.75) is 40.8 Å². The molecule has 4 heteroatoms. The number of nitrogens with zero attached hydrogens (tertiary/aromatic N) is 1. The van der Waals surface area contributed by atoms with Crippen molar-refractivity contribution in [3.8, 4) is 0 Å². The van der Waals surface area contributed by atoms with Crippen LogP contribution >= 0.6 is 0 Å². The fourth-order valence-electron chi connectivity index (χ4n) is 2.11. The Balaban J connectivity index is 2.56. The van der Waals surface area contributed by atoms with E-state index in [0.29, 0.717) is 19.0 Å². The molecule has 0 spiro atoms. The maximum Gasteiger partial charge on any atom is 0.315 e. The van der Waals surface area contributed by atoms with Gasteiger partial charge in [-0.1, -0.05) is 52.0 Å². The summed E-state index contributed by atoms with van der Waals surface area (Å²) in [5.74, 6) is 0.464. The molecule has 21 heavy (non-hydrogen) atoms. The maximum absolute atomic E-state index is 11.7. The van der Waals surface area contributed by atoms with Gasteiger partial charge in [0, 0.05) is 19.6 Å². The third-order valence-electron chi connectivity index (χ3n) is 3.52. The standard InChI is InChI=1S/C17H29N3O/c1-5-20(6-2)13-16-10-8-7-9-15(16)12-19-17(21)18-11-14(3)4/h7-10,14H,5-6,11-13H2,1-4H3,(H2,18,19,21). The first kappa shape index (κ1) is 17.5. The zero-order valence-electron chi connectivity index (χ0n) is 13.8. The smallest absolute Gasteiger partial charge is 0.315 e. The highest BCUT2D eigenvalue weighted by atomic mass is 16.2. The molecule has 2 amide bonds. The predicted octanol–water partition coefficient (Wildman–Crippen LogP) is 2.98. The van der Waals surface area contributed by atoms with Crippen LogP contribution in [0.15, 0.2) is 24.3 Å². The molecule has 0 radical (unpaired) electrons. The molecule has 0 saturated heterocycles. The summed E-state index contributed by atoms with van der Waals surface area (Å²) in [6.45, 7) is 12.8. The van der Waals surface area contributed by atoms with Gasteiger partial charge in [-0.05, 0) is 30.1 Å². The molecule has 0 bridgehead atoms. The highest BCUT2D eigenvalue weighted by Gasteiger charge is 2.07. The van der Waals surface area contributed by atoms with Crippen molar-refractivity contribution < 1.29 is 4.79 Å². The Kier molecular flexibility index (Phi) is 7.83. The molecular formula is C17H29N3O. The lowest BCUT2D eigenvalue weighted by molar-refractivity contribution is 0.239. The molecule has 0 atom stereocenters. The number of amides is 2. The number of carbonyl (C=O) groups excluding carboxylic acids is 1. The number of benzene rings is 1. The zero-order chi connectivity index (χ0) is 15.7. The molecule has 0 fully saturated rings. The van der Waals surface area contributed by atoms with Gasteiger partial charge in [0.1, 0.15) is 0 Å². The summed E-state index contributed by atoms with van der Waals surface area (Å²) in [6, 6.07) is 8.21. The monoisotopic (exact) mass is 291 g/mol. The number of urea groups is 1. The Morgan fingerprint density at radius 3 is 2.29 bits per heavy atom. The lowest BCUT2D eigenvalue weighted by Gasteiger charge is -2.20. The summed E-state index contributed by atoms with van der Waals surface area (Å²) in [5, 5.41) is 5.81. The molecule has 1 aromatic rings. The van der Waals surface area contributed by atoms with Gasteiger partial charge in [0.2, 0.25) is 0 Å². The topological polar surface area (TPSA) is 44.4 Å². The van der Waals surface area contributed by atoms with Gasteiger partial charge in [0.25, 0.3) is 0 Å².